The van der Waals surface area contributed by atoms with Gasteiger partial charge in [-0.05, 0) is 80.6 Å². The largest absolute Gasteiger partial charge is 0.456 e. The third kappa shape index (κ3) is 5.70. The van der Waals surface area contributed by atoms with Gasteiger partial charge in [-0.3, -0.25) is 0 Å². The summed E-state index contributed by atoms with van der Waals surface area (Å²) in [6.45, 7) is 0. The molecular weight excluding hydrogens is 735 g/mol. The van der Waals surface area contributed by atoms with Gasteiger partial charge in [0.2, 0.25) is 0 Å². The minimum atomic E-state index is -0.505. The van der Waals surface area contributed by atoms with Gasteiger partial charge >= 0.3 is 0 Å². The fourth-order valence-corrected chi connectivity index (χ4v) is 8.85. The molecule has 282 valence electrons. The second kappa shape index (κ2) is 13.8. The highest BCUT2D eigenvalue weighted by Gasteiger charge is 2.27. The number of rotatable bonds is 6. The highest BCUT2D eigenvalue weighted by atomic mass is 16.3. The average Bonchev–Trinajstić information content (AvgIpc) is 3.91. The first kappa shape index (κ1) is 34.1. The maximum absolute atomic E-state index is 6.63. The molecule has 9 aromatic carbocycles. The Hall–Kier alpha value is -8.02. The highest BCUT2D eigenvalue weighted by molar-refractivity contribution is 6.20. The van der Waals surface area contributed by atoms with Crippen molar-refractivity contribution in [2.45, 2.75) is 6.17 Å². The molecule has 0 spiro atoms. The number of nitrogens with zero attached hydrogens (tertiary/aromatic N) is 2. The first-order valence-electron chi connectivity index (χ1n) is 20.3. The van der Waals surface area contributed by atoms with E-state index in [1.807, 2.05) is 30.3 Å². The van der Waals surface area contributed by atoms with Gasteiger partial charge in [-0.1, -0.05) is 164 Å². The molecule has 5 nitrogen and oxygen atoms in total. The minimum absolute atomic E-state index is 0.505. The quantitative estimate of drug-likeness (QED) is 0.183. The first-order valence-corrected chi connectivity index (χ1v) is 20.3. The average molecular weight is 770 g/mol. The predicted molar refractivity (Wildman–Crippen MR) is 247 cm³/mol. The van der Waals surface area contributed by atoms with Crippen molar-refractivity contribution in [1.29, 1.82) is 0 Å². The molecule has 1 atom stereocenters. The van der Waals surface area contributed by atoms with Crippen LogP contribution in [0.1, 0.15) is 22.9 Å². The second-order valence-corrected chi connectivity index (χ2v) is 15.3. The third-order valence-corrected chi connectivity index (χ3v) is 11.8. The topological polar surface area (TPSA) is 63.0 Å². The molecule has 12 rings (SSSR count). The number of para-hydroxylation sites is 2. The normalized spacial score (nSPS) is 14.2. The van der Waals surface area contributed by atoms with E-state index in [-0.39, 0.29) is 0 Å². The summed E-state index contributed by atoms with van der Waals surface area (Å²) in [5.41, 5.74) is 12.8. The summed E-state index contributed by atoms with van der Waals surface area (Å²) >= 11 is 0. The Kier molecular flexibility index (Phi) is 7.85. The van der Waals surface area contributed by atoms with Crippen LogP contribution in [0.3, 0.4) is 0 Å². The molecule has 1 aliphatic rings. The molecule has 0 saturated heterocycles. The SMILES string of the molecule is c1ccc(-c2ccc(-c3cccc4oc5cccc(C6N=C(c7cccc(-c8ccc9ccccc9c8)c7)N=C(c7cccc8c7oc7ccccc78)N6)c5c34)cc2)cc1. The standard InChI is InChI=1S/C55H35N3O2/c1-2-12-34(13-3-1)36-26-29-37(30-27-36)42-19-10-24-48-50(42)51-45(21-11-25-49(51)59-48)54-56-53(41-17-8-16-39(33-41)40-31-28-35-14-4-5-15-38(35)32-40)57-55(58-54)46-22-9-20-44-43-18-6-7-23-47(43)60-52(44)46/h1-33,54H,(H,56,57,58). The van der Waals surface area contributed by atoms with E-state index in [0.717, 1.165) is 82.8 Å². The fraction of sp³-hybridized carbons (Fsp3) is 0.0182. The smallest absolute Gasteiger partial charge is 0.159 e. The minimum Gasteiger partial charge on any atom is -0.456 e. The zero-order chi connectivity index (χ0) is 39.6. The Morgan fingerprint density at radius 2 is 1.02 bits per heavy atom. The van der Waals surface area contributed by atoms with Crippen molar-refractivity contribution in [3.63, 3.8) is 0 Å². The number of amidine groups is 2. The van der Waals surface area contributed by atoms with Gasteiger partial charge in [-0.25, -0.2) is 9.98 Å². The van der Waals surface area contributed by atoms with Crippen LogP contribution in [0.25, 0.3) is 88.0 Å². The van der Waals surface area contributed by atoms with Gasteiger partial charge in [-0.2, -0.15) is 0 Å². The number of furan rings is 2. The first-order chi connectivity index (χ1) is 29.7. The molecule has 0 amide bonds. The van der Waals surface area contributed by atoms with Gasteiger partial charge in [0, 0.05) is 32.7 Å². The monoisotopic (exact) mass is 769 g/mol. The molecule has 3 heterocycles. The van der Waals surface area contributed by atoms with Crippen LogP contribution < -0.4 is 5.32 Å². The van der Waals surface area contributed by atoms with Crippen LogP contribution in [0.5, 0.6) is 0 Å². The molecule has 0 saturated carbocycles. The molecule has 0 bridgehead atoms. The van der Waals surface area contributed by atoms with E-state index in [0.29, 0.717) is 11.7 Å². The third-order valence-electron chi connectivity index (χ3n) is 11.8. The van der Waals surface area contributed by atoms with Crippen LogP contribution in [-0.2, 0) is 0 Å². The molecule has 60 heavy (non-hydrogen) atoms. The molecule has 1 aliphatic heterocycles. The van der Waals surface area contributed by atoms with Crippen molar-refractivity contribution in [3.8, 4) is 33.4 Å². The van der Waals surface area contributed by atoms with Gasteiger partial charge in [0.25, 0.3) is 0 Å². The van der Waals surface area contributed by atoms with Gasteiger partial charge in [0.15, 0.2) is 5.84 Å². The predicted octanol–water partition coefficient (Wildman–Crippen LogP) is 14.1. The van der Waals surface area contributed by atoms with E-state index in [4.69, 9.17) is 18.8 Å². The van der Waals surface area contributed by atoms with E-state index < -0.39 is 6.17 Å². The lowest BCUT2D eigenvalue weighted by Gasteiger charge is -2.24. The number of aliphatic imine (C=N–C) groups is 2. The number of hydrogen-bond acceptors (Lipinski definition) is 5. The summed E-state index contributed by atoms with van der Waals surface area (Å²) < 4.78 is 13.2. The number of benzene rings is 9. The van der Waals surface area contributed by atoms with Gasteiger partial charge in [-0.15, -0.1) is 0 Å². The van der Waals surface area contributed by atoms with Gasteiger partial charge in [0.05, 0.1) is 5.56 Å². The summed E-state index contributed by atoms with van der Waals surface area (Å²) in [7, 11) is 0. The lowest BCUT2D eigenvalue weighted by atomic mass is 9.95. The van der Waals surface area contributed by atoms with E-state index >= 15 is 0 Å². The molecular formula is C55H35N3O2. The van der Waals surface area contributed by atoms with E-state index in [1.165, 1.54) is 21.9 Å². The van der Waals surface area contributed by atoms with E-state index in [1.54, 1.807) is 0 Å². The molecule has 0 aliphatic carbocycles. The second-order valence-electron chi connectivity index (χ2n) is 15.3. The Labute approximate surface area is 345 Å². The van der Waals surface area contributed by atoms with E-state index in [2.05, 4.69) is 175 Å². The van der Waals surface area contributed by atoms with Crippen molar-refractivity contribution in [2.24, 2.45) is 9.98 Å². The highest BCUT2D eigenvalue weighted by Crippen LogP contribution is 2.42. The number of nitrogens with one attached hydrogen (secondary N) is 1. The molecule has 2 aromatic heterocycles. The Morgan fingerprint density at radius 1 is 0.400 bits per heavy atom. The van der Waals surface area contributed by atoms with Crippen LogP contribution in [0, 0.1) is 0 Å². The van der Waals surface area contributed by atoms with Crippen LogP contribution >= 0.6 is 0 Å². The van der Waals surface area contributed by atoms with Crippen molar-refractivity contribution >= 4 is 66.3 Å². The fourth-order valence-electron chi connectivity index (χ4n) is 8.85. The van der Waals surface area contributed by atoms with Crippen molar-refractivity contribution < 1.29 is 8.83 Å². The Balaban J connectivity index is 1.03. The van der Waals surface area contributed by atoms with Crippen molar-refractivity contribution in [2.75, 3.05) is 0 Å². The Bertz CT molecular complexity index is 3520. The molecule has 5 heteroatoms. The summed E-state index contributed by atoms with van der Waals surface area (Å²) in [6.07, 6.45) is -0.505. The maximum atomic E-state index is 6.63. The number of hydrogen-bond donors (Lipinski definition) is 1. The van der Waals surface area contributed by atoms with E-state index in [9.17, 15) is 0 Å². The van der Waals surface area contributed by atoms with Crippen molar-refractivity contribution in [3.05, 3.63) is 217 Å². The van der Waals surface area contributed by atoms with Crippen LogP contribution in [0.4, 0.5) is 0 Å². The summed E-state index contributed by atoms with van der Waals surface area (Å²) in [5, 5.41) is 10.4. The van der Waals surface area contributed by atoms with Crippen LogP contribution in [0.15, 0.2) is 219 Å². The van der Waals surface area contributed by atoms with Crippen LogP contribution in [0.2, 0.25) is 0 Å². The molecule has 0 fully saturated rings. The zero-order valence-electron chi connectivity index (χ0n) is 32.3. The van der Waals surface area contributed by atoms with Gasteiger partial charge < -0.3 is 14.2 Å². The molecule has 11 aromatic rings. The lowest BCUT2D eigenvalue weighted by molar-refractivity contribution is 0.657. The summed E-state index contributed by atoms with van der Waals surface area (Å²) in [5.74, 6) is 1.32. The van der Waals surface area contributed by atoms with Gasteiger partial charge in [0.1, 0.15) is 34.3 Å². The molecule has 0 radical (unpaired) electrons. The molecule has 1 N–H and O–H groups in total. The summed E-state index contributed by atoms with van der Waals surface area (Å²) in [6, 6.07) is 69.9. The Morgan fingerprint density at radius 3 is 1.92 bits per heavy atom. The zero-order valence-corrected chi connectivity index (χ0v) is 32.3. The lowest BCUT2D eigenvalue weighted by Crippen LogP contribution is -2.33. The van der Waals surface area contributed by atoms with Crippen molar-refractivity contribution in [1.82, 2.24) is 5.32 Å². The summed E-state index contributed by atoms with van der Waals surface area (Å²) in [4.78, 5) is 10.7. The van der Waals surface area contributed by atoms with Crippen LogP contribution in [-0.4, -0.2) is 11.7 Å². The number of fused-ring (bicyclic) bond motifs is 7. The molecule has 1 unspecified atom stereocenters. The maximum Gasteiger partial charge on any atom is 0.159 e.